The van der Waals surface area contributed by atoms with Crippen LogP contribution in [0.4, 0.5) is 5.69 Å². The number of halogens is 1. The van der Waals surface area contributed by atoms with E-state index in [0.717, 1.165) is 54.2 Å². The Morgan fingerprint density at radius 3 is 2.25 bits per heavy atom. The normalized spacial score (nSPS) is 14.2. The van der Waals surface area contributed by atoms with Crippen molar-refractivity contribution in [2.45, 2.75) is 13.0 Å². The lowest BCUT2D eigenvalue weighted by Crippen LogP contribution is -2.49. The number of anilines is 1. The van der Waals surface area contributed by atoms with Gasteiger partial charge in [-0.2, -0.15) is 0 Å². The molecular formula is C27H26ClN3O. The number of piperazine rings is 1. The fourth-order valence-electron chi connectivity index (χ4n) is 4.51. The first-order valence-corrected chi connectivity index (χ1v) is 11.4. The Balaban J connectivity index is 1.30. The molecule has 0 unspecified atom stereocenters. The van der Waals surface area contributed by atoms with Gasteiger partial charge in [-0.15, -0.1) is 0 Å². The number of carbonyl (C=O) groups is 1. The minimum Gasteiger partial charge on any atom is -0.368 e. The Morgan fingerprint density at radius 1 is 0.812 bits per heavy atom. The van der Waals surface area contributed by atoms with Crippen LogP contribution in [0.1, 0.15) is 11.1 Å². The molecule has 162 valence electrons. The van der Waals surface area contributed by atoms with Gasteiger partial charge in [0.25, 0.3) is 0 Å². The summed E-state index contributed by atoms with van der Waals surface area (Å²) >= 11 is 6.04. The van der Waals surface area contributed by atoms with Gasteiger partial charge in [-0.05, 0) is 41.5 Å². The maximum absolute atomic E-state index is 13.1. The van der Waals surface area contributed by atoms with E-state index >= 15 is 0 Å². The van der Waals surface area contributed by atoms with E-state index in [-0.39, 0.29) is 5.91 Å². The lowest BCUT2D eigenvalue weighted by atomic mass is 10.1. The summed E-state index contributed by atoms with van der Waals surface area (Å²) in [5.41, 5.74) is 4.65. The first-order chi connectivity index (χ1) is 15.7. The molecule has 1 aliphatic rings. The molecule has 0 aliphatic carbocycles. The number of para-hydroxylation sites is 2. The Kier molecular flexibility index (Phi) is 5.87. The Bertz CT molecular complexity index is 1210. The van der Waals surface area contributed by atoms with Crippen LogP contribution in [-0.4, -0.2) is 41.6 Å². The van der Waals surface area contributed by atoms with Crippen LogP contribution in [-0.2, 0) is 17.8 Å². The van der Waals surface area contributed by atoms with Crippen LogP contribution in [0.25, 0.3) is 10.9 Å². The second kappa shape index (κ2) is 9.09. The lowest BCUT2D eigenvalue weighted by Gasteiger charge is -2.36. The Labute approximate surface area is 193 Å². The number of aromatic nitrogens is 1. The molecule has 1 fully saturated rings. The summed E-state index contributed by atoms with van der Waals surface area (Å²) in [5.74, 6) is 0.201. The zero-order valence-electron chi connectivity index (χ0n) is 18.0. The summed E-state index contributed by atoms with van der Waals surface area (Å²) in [6.45, 7) is 4.01. The third-order valence-electron chi connectivity index (χ3n) is 6.23. The maximum Gasteiger partial charge on any atom is 0.227 e. The van der Waals surface area contributed by atoms with E-state index in [1.54, 1.807) is 0 Å². The molecule has 5 rings (SSSR count). The minimum absolute atomic E-state index is 0.201. The number of fused-ring (bicyclic) bond motifs is 1. The third kappa shape index (κ3) is 4.37. The van der Waals surface area contributed by atoms with Crippen molar-refractivity contribution in [3.63, 3.8) is 0 Å². The molecule has 1 aromatic heterocycles. The van der Waals surface area contributed by atoms with Gasteiger partial charge in [0.05, 0.1) is 6.42 Å². The number of nitrogens with zero attached hydrogens (tertiary/aromatic N) is 3. The van der Waals surface area contributed by atoms with E-state index < -0.39 is 0 Å². The molecule has 2 heterocycles. The molecule has 0 radical (unpaired) electrons. The maximum atomic E-state index is 13.1. The number of amides is 1. The van der Waals surface area contributed by atoms with Gasteiger partial charge in [0.15, 0.2) is 0 Å². The van der Waals surface area contributed by atoms with Gasteiger partial charge in [-0.3, -0.25) is 4.79 Å². The van der Waals surface area contributed by atoms with E-state index in [9.17, 15) is 4.79 Å². The van der Waals surface area contributed by atoms with Crippen LogP contribution in [0.5, 0.6) is 0 Å². The van der Waals surface area contributed by atoms with Crippen molar-refractivity contribution < 1.29 is 4.79 Å². The van der Waals surface area contributed by atoms with Crippen LogP contribution in [0, 0.1) is 0 Å². The topological polar surface area (TPSA) is 28.5 Å². The zero-order valence-corrected chi connectivity index (χ0v) is 18.7. The van der Waals surface area contributed by atoms with Gasteiger partial charge in [0.2, 0.25) is 5.91 Å². The largest absolute Gasteiger partial charge is 0.368 e. The number of rotatable bonds is 5. The van der Waals surface area contributed by atoms with Crippen LogP contribution in [0.3, 0.4) is 0 Å². The smallest absolute Gasteiger partial charge is 0.227 e. The average Bonchev–Trinajstić information content (AvgIpc) is 3.18. The molecule has 0 bridgehead atoms. The second-order valence-corrected chi connectivity index (χ2v) is 8.74. The standard InChI is InChI=1S/C27H26ClN3O/c28-23-12-10-21(11-13-23)19-31-20-22(25-8-4-5-9-26(25)31)18-27(32)30-16-14-29(15-17-30)24-6-2-1-3-7-24/h1-13,20H,14-19H2. The van der Waals surface area contributed by atoms with Crippen LogP contribution in [0.15, 0.2) is 85.1 Å². The summed E-state index contributed by atoms with van der Waals surface area (Å²) in [6.07, 6.45) is 2.57. The van der Waals surface area contributed by atoms with E-state index in [1.165, 1.54) is 11.3 Å². The van der Waals surface area contributed by atoms with E-state index in [4.69, 9.17) is 11.6 Å². The fraction of sp³-hybridized carbons (Fsp3) is 0.222. The first-order valence-electron chi connectivity index (χ1n) is 11.1. The van der Waals surface area contributed by atoms with Crippen molar-refractivity contribution in [2.24, 2.45) is 0 Å². The molecule has 0 saturated carbocycles. The monoisotopic (exact) mass is 443 g/mol. The van der Waals surface area contributed by atoms with Crippen molar-refractivity contribution in [2.75, 3.05) is 31.1 Å². The highest BCUT2D eigenvalue weighted by Crippen LogP contribution is 2.24. The molecule has 3 aromatic carbocycles. The molecule has 5 heteroatoms. The van der Waals surface area contributed by atoms with Gasteiger partial charge < -0.3 is 14.4 Å². The zero-order chi connectivity index (χ0) is 21.9. The fourth-order valence-corrected chi connectivity index (χ4v) is 4.63. The third-order valence-corrected chi connectivity index (χ3v) is 6.48. The van der Waals surface area contributed by atoms with Crippen LogP contribution in [0.2, 0.25) is 5.02 Å². The summed E-state index contributed by atoms with van der Waals surface area (Å²) in [6, 6.07) is 26.7. The average molecular weight is 444 g/mol. The van der Waals surface area contributed by atoms with Crippen molar-refractivity contribution in [3.8, 4) is 0 Å². The van der Waals surface area contributed by atoms with Gasteiger partial charge in [0, 0.05) is 60.5 Å². The molecule has 1 amide bonds. The predicted molar refractivity (Wildman–Crippen MR) is 131 cm³/mol. The highest BCUT2D eigenvalue weighted by atomic mass is 35.5. The lowest BCUT2D eigenvalue weighted by molar-refractivity contribution is -0.130. The van der Waals surface area contributed by atoms with E-state index in [2.05, 4.69) is 58.1 Å². The molecule has 1 aliphatic heterocycles. The van der Waals surface area contributed by atoms with Gasteiger partial charge >= 0.3 is 0 Å². The molecule has 0 spiro atoms. The molecule has 1 saturated heterocycles. The van der Waals surface area contributed by atoms with Crippen molar-refractivity contribution in [3.05, 3.63) is 101 Å². The molecule has 0 atom stereocenters. The first kappa shape index (κ1) is 20.7. The Hall–Kier alpha value is -3.24. The number of hydrogen-bond acceptors (Lipinski definition) is 2. The number of hydrogen-bond donors (Lipinski definition) is 0. The molecule has 4 aromatic rings. The predicted octanol–water partition coefficient (Wildman–Crippen LogP) is 5.23. The summed E-state index contributed by atoms with van der Waals surface area (Å²) < 4.78 is 2.23. The molecule has 32 heavy (non-hydrogen) atoms. The van der Waals surface area contributed by atoms with Gasteiger partial charge in [-0.1, -0.05) is 60.1 Å². The van der Waals surface area contributed by atoms with Gasteiger partial charge in [0.1, 0.15) is 0 Å². The number of benzene rings is 3. The quantitative estimate of drug-likeness (QED) is 0.422. The second-order valence-electron chi connectivity index (χ2n) is 8.31. The summed E-state index contributed by atoms with van der Waals surface area (Å²) in [7, 11) is 0. The molecule has 0 N–H and O–H groups in total. The molecular weight excluding hydrogens is 418 g/mol. The number of carbonyl (C=O) groups excluding carboxylic acids is 1. The Morgan fingerprint density at radius 2 is 1.50 bits per heavy atom. The van der Waals surface area contributed by atoms with E-state index in [1.807, 2.05) is 41.3 Å². The molecule has 4 nitrogen and oxygen atoms in total. The highest BCUT2D eigenvalue weighted by molar-refractivity contribution is 6.30. The van der Waals surface area contributed by atoms with Crippen molar-refractivity contribution >= 4 is 34.1 Å². The van der Waals surface area contributed by atoms with Gasteiger partial charge in [-0.25, -0.2) is 0 Å². The van der Waals surface area contributed by atoms with Crippen LogP contribution < -0.4 is 4.90 Å². The summed E-state index contributed by atoms with van der Waals surface area (Å²) in [4.78, 5) is 17.5. The van der Waals surface area contributed by atoms with E-state index in [0.29, 0.717) is 6.42 Å². The van der Waals surface area contributed by atoms with Crippen LogP contribution >= 0.6 is 11.6 Å². The minimum atomic E-state index is 0.201. The van der Waals surface area contributed by atoms with Crippen molar-refractivity contribution in [1.82, 2.24) is 9.47 Å². The van der Waals surface area contributed by atoms with Crippen molar-refractivity contribution in [1.29, 1.82) is 0 Å². The highest BCUT2D eigenvalue weighted by Gasteiger charge is 2.22. The SMILES string of the molecule is O=C(Cc1cn(Cc2ccc(Cl)cc2)c2ccccc12)N1CCN(c2ccccc2)CC1. The summed E-state index contributed by atoms with van der Waals surface area (Å²) in [5, 5.41) is 1.89.